The average molecular weight is 285 g/mol. The van der Waals surface area contributed by atoms with Crippen LogP contribution in [-0.2, 0) is 0 Å². The second-order valence-corrected chi connectivity index (χ2v) is 4.21. The van der Waals surface area contributed by atoms with Crippen LogP contribution in [0.25, 0.3) is 10.8 Å². The quantitative estimate of drug-likeness (QED) is 0.681. The summed E-state index contributed by atoms with van der Waals surface area (Å²) in [6.07, 6.45) is 0. The molecule has 0 bridgehead atoms. The second-order valence-electron chi connectivity index (χ2n) is 2.50. The van der Waals surface area contributed by atoms with Crippen molar-refractivity contribution < 1.29 is 0 Å². The predicted molar refractivity (Wildman–Crippen MR) is 58.2 cm³/mol. The Hall–Kier alpha value is -0.340. The van der Waals surface area contributed by atoms with Gasteiger partial charge in [-0.25, -0.2) is 0 Å². The highest BCUT2D eigenvalue weighted by Gasteiger charge is 1.99. The number of hydrogen-bond acceptors (Lipinski definition) is 0. The molecule has 0 aliphatic carbocycles. The molecular formula is C10H5Br2. The van der Waals surface area contributed by atoms with Gasteiger partial charge in [0.25, 0.3) is 0 Å². The van der Waals surface area contributed by atoms with Gasteiger partial charge < -0.3 is 0 Å². The number of hydrogen-bond donors (Lipinski definition) is 0. The zero-order valence-corrected chi connectivity index (χ0v) is 9.31. The molecular weight excluding hydrogens is 280 g/mol. The van der Waals surface area contributed by atoms with E-state index in [1.807, 2.05) is 30.3 Å². The third-order valence-electron chi connectivity index (χ3n) is 1.75. The third kappa shape index (κ3) is 1.29. The summed E-state index contributed by atoms with van der Waals surface area (Å²) in [5.41, 5.74) is 0. The van der Waals surface area contributed by atoms with Crippen LogP contribution in [0, 0.1) is 6.07 Å². The first-order valence-corrected chi connectivity index (χ1v) is 5.11. The standard InChI is InChI=1S/C10H5Br2/c11-9-5-6-10(12)8-4-2-1-3-7(8)9/h1,3-6H. The van der Waals surface area contributed by atoms with Gasteiger partial charge in [0.15, 0.2) is 0 Å². The molecule has 0 saturated carbocycles. The van der Waals surface area contributed by atoms with E-state index in [2.05, 4.69) is 37.9 Å². The summed E-state index contributed by atoms with van der Waals surface area (Å²) in [5.74, 6) is 0. The maximum Gasteiger partial charge on any atom is 0.0254 e. The van der Waals surface area contributed by atoms with Gasteiger partial charge in [-0.1, -0.05) is 44.0 Å². The van der Waals surface area contributed by atoms with Crippen molar-refractivity contribution in [3.63, 3.8) is 0 Å². The molecule has 59 valence electrons. The first-order chi connectivity index (χ1) is 5.79. The number of rotatable bonds is 0. The summed E-state index contributed by atoms with van der Waals surface area (Å²) >= 11 is 6.99. The third-order valence-corrected chi connectivity index (χ3v) is 3.14. The van der Waals surface area contributed by atoms with E-state index in [9.17, 15) is 0 Å². The van der Waals surface area contributed by atoms with Gasteiger partial charge in [-0.05, 0) is 35.0 Å². The molecule has 2 heteroatoms. The molecule has 0 saturated heterocycles. The number of halogens is 2. The summed E-state index contributed by atoms with van der Waals surface area (Å²) in [5, 5.41) is 2.40. The van der Waals surface area contributed by atoms with Crippen molar-refractivity contribution in [1.82, 2.24) is 0 Å². The number of fused-ring (bicyclic) bond motifs is 1. The summed E-state index contributed by atoms with van der Waals surface area (Å²) in [6.45, 7) is 0. The smallest absolute Gasteiger partial charge is 0.0254 e. The van der Waals surface area contributed by atoms with Gasteiger partial charge in [-0.3, -0.25) is 0 Å². The van der Waals surface area contributed by atoms with Gasteiger partial charge in [-0.15, -0.1) is 0 Å². The number of benzene rings is 2. The van der Waals surface area contributed by atoms with Gasteiger partial charge in [0, 0.05) is 8.95 Å². The summed E-state index contributed by atoms with van der Waals surface area (Å²) in [6, 6.07) is 13.1. The topological polar surface area (TPSA) is 0 Å². The maximum atomic E-state index is 3.50. The molecule has 2 aromatic carbocycles. The minimum absolute atomic E-state index is 1.11. The fraction of sp³-hybridized carbons (Fsp3) is 0. The Bertz CT molecular complexity index is 381. The van der Waals surface area contributed by atoms with E-state index in [1.54, 1.807) is 0 Å². The highest BCUT2D eigenvalue weighted by Crippen LogP contribution is 2.29. The van der Waals surface area contributed by atoms with E-state index in [1.165, 1.54) is 10.8 Å². The Balaban J connectivity index is 2.95. The van der Waals surface area contributed by atoms with Crippen molar-refractivity contribution in [3.05, 3.63) is 45.3 Å². The van der Waals surface area contributed by atoms with Crippen molar-refractivity contribution in [2.24, 2.45) is 0 Å². The van der Waals surface area contributed by atoms with Crippen LogP contribution in [0.5, 0.6) is 0 Å². The molecule has 12 heavy (non-hydrogen) atoms. The Morgan fingerprint density at radius 2 is 1.58 bits per heavy atom. The van der Waals surface area contributed by atoms with Crippen molar-refractivity contribution in [2.45, 2.75) is 0 Å². The molecule has 0 spiro atoms. The highest BCUT2D eigenvalue weighted by atomic mass is 79.9. The van der Waals surface area contributed by atoms with Gasteiger partial charge >= 0.3 is 0 Å². The van der Waals surface area contributed by atoms with Crippen LogP contribution in [0.15, 0.2) is 39.3 Å². The van der Waals surface area contributed by atoms with Crippen molar-refractivity contribution in [1.29, 1.82) is 0 Å². The van der Waals surface area contributed by atoms with Crippen LogP contribution in [0.3, 0.4) is 0 Å². The SMILES string of the molecule is Brc1ccc(Br)c2cc[c]cc12. The monoisotopic (exact) mass is 283 g/mol. The fourth-order valence-corrected chi connectivity index (χ4v) is 2.10. The van der Waals surface area contributed by atoms with E-state index in [0.29, 0.717) is 0 Å². The summed E-state index contributed by atoms with van der Waals surface area (Å²) in [4.78, 5) is 0. The van der Waals surface area contributed by atoms with Crippen LogP contribution in [0.1, 0.15) is 0 Å². The van der Waals surface area contributed by atoms with Crippen molar-refractivity contribution in [3.8, 4) is 0 Å². The molecule has 0 aliphatic heterocycles. The van der Waals surface area contributed by atoms with E-state index in [4.69, 9.17) is 0 Å². The summed E-state index contributed by atoms with van der Waals surface area (Å²) in [7, 11) is 0. The van der Waals surface area contributed by atoms with Crippen LogP contribution in [0.2, 0.25) is 0 Å². The normalized spacial score (nSPS) is 10.5. The molecule has 0 atom stereocenters. The molecule has 0 aliphatic rings. The lowest BCUT2D eigenvalue weighted by Gasteiger charge is -2.01. The molecule has 0 heterocycles. The molecule has 0 N–H and O–H groups in total. The molecule has 2 aromatic rings. The van der Waals surface area contributed by atoms with Gasteiger partial charge in [0.2, 0.25) is 0 Å². The van der Waals surface area contributed by atoms with Crippen LogP contribution < -0.4 is 0 Å². The minimum Gasteiger partial charge on any atom is -0.0537 e. The molecule has 1 radical (unpaired) electrons. The average Bonchev–Trinajstić information content (AvgIpc) is 2.12. The maximum absolute atomic E-state index is 3.50. The second kappa shape index (κ2) is 3.19. The first-order valence-electron chi connectivity index (χ1n) is 3.53. The Morgan fingerprint density at radius 1 is 0.917 bits per heavy atom. The van der Waals surface area contributed by atoms with E-state index >= 15 is 0 Å². The van der Waals surface area contributed by atoms with E-state index in [-0.39, 0.29) is 0 Å². The predicted octanol–water partition coefficient (Wildman–Crippen LogP) is 4.16. The van der Waals surface area contributed by atoms with Gasteiger partial charge in [0.05, 0.1) is 0 Å². The van der Waals surface area contributed by atoms with Crippen LogP contribution >= 0.6 is 31.9 Å². The minimum atomic E-state index is 1.11. The first kappa shape index (κ1) is 8.27. The zero-order valence-electron chi connectivity index (χ0n) is 6.14. The fourth-order valence-electron chi connectivity index (χ4n) is 1.16. The summed E-state index contributed by atoms with van der Waals surface area (Å²) < 4.78 is 2.23. The zero-order chi connectivity index (χ0) is 8.55. The lowest BCUT2D eigenvalue weighted by atomic mass is 10.1. The highest BCUT2D eigenvalue weighted by molar-refractivity contribution is 9.11. The Labute approximate surface area is 87.8 Å². The molecule has 2 rings (SSSR count). The molecule has 0 nitrogen and oxygen atoms in total. The van der Waals surface area contributed by atoms with E-state index in [0.717, 1.165) is 8.95 Å². The molecule has 0 unspecified atom stereocenters. The molecule has 0 amide bonds. The largest absolute Gasteiger partial charge is 0.0537 e. The molecule has 0 fully saturated rings. The Kier molecular flexibility index (Phi) is 2.20. The van der Waals surface area contributed by atoms with Crippen molar-refractivity contribution in [2.75, 3.05) is 0 Å². The van der Waals surface area contributed by atoms with Crippen molar-refractivity contribution >= 4 is 42.6 Å². The van der Waals surface area contributed by atoms with Gasteiger partial charge in [-0.2, -0.15) is 0 Å². The van der Waals surface area contributed by atoms with E-state index < -0.39 is 0 Å². The van der Waals surface area contributed by atoms with Gasteiger partial charge in [0.1, 0.15) is 0 Å². The Morgan fingerprint density at radius 3 is 2.25 bits per heavy atom. The molecule has 0 aromatic heterocycles. The van der Waals surface area contributed by atoms with Crippen LogP contribution in [-0.4, -0.2) is 0 Å². The lowest BCUT2D eigenvalue weighted by molar-refractivity contribution is 1.67. The van der Waals surface area contributed by atoms with Crippen LogP contribution in [0.4, 0.5) is 0 Å². The lowest BCUT2D eigenvalue weighted by Crippen LogP contribution is -1.75.